The average Bonchev–Trinajstić information content (AvgIpc) is 2.14. The maximum absolute atomic E-state index is 11.4. The van der Waals surface area contributed by atoms with Gasteiger partial charge >= 0.3 is 0 Å². The van der Waals surface area contributed by atoms with Gasteiger partial charge in [0.05, 0.1) is 0 Å². The first-order valence-electron chi connectivity index (χ1n) is 5.75. The third-order valence-electron chi connectivity index (χ3n) is 4.10. The van der Waals surface area contributed by atoms with Gasteiger partial charge in [0.25, 0.3) is 0 Å². The van der Waals surface area contributed by atoms with Gasteiger partial charge in [-0.3, -0.25) is 4.79 Å². The molecule has 0 heterocycles. The number of hydrogen-bond donors (Lipinski definition) is 0. The van der Waals surface area contributed by atoms with E-state index in [1.54, 1.807) is 0 Å². The van der Waals surface area contributed by atoms with E-state index in [9.17, 15) is 4.79 Å². The topological polar surface area (TPSA) is 17.1 Å². The van der Waals surface area contributed by atoms with E-state index in [1.807, 2.05) is 0 Å². The smallest absolute Gasteiger partial charge is 0.135 e. The molecular formula is C12H20O. The lowest BCUT2D eigenvalue weighted by atomic mass is 9.62. The maximum Gasteiger partial charge on any atom is 0.135 e. The Hall–Kier alpha value is -0.330. The Morgan fingerprint density at radius 3 is 2.46 bits per heavy atom. The van der Waals surface area contributed by atoms with Crippen LogP contribution >= 0.6 is 0 Å². The SMILES string of the molecule is CC1CC2(CCCCC2)CCC1=O. The fraction of sp³-hybridized carbons (Fsp3) is 0.917. The molecule has 0 bridgehead atoms. The summed E-state index contributed by atoms with van der Waals surface area (Å²) in [5.41, 5.74) is 0.589. The van der Waals surface area contributed by atoms with Crippen LogP contribution in [0.1, 0.15) is 58.3 Å². The highest BCUT2D eigenvalue weighted by molar-refractivity contribution is 5.81. The summed E-state index contributed by atoms with van der Waals surface area (Å²) in [6.07, 6.45) is 10.3. The molecule has 1 heteroatoms. The molecule has 2 saturated carbocycles. The number of Topliss-reactive ketones (excluding diaryl/α,β-unsaturated/α-hetero) is 1. The summed E-state index contributed by atoms with van der Waals surface area (Å²) in [6.45, 7) is 2.12. The Labute approximate surface area is 80.9 Å². The zero-order valence-electron chi connectivity index (χ0n) is 8.64. The van der Waals surface area contributed by atoms with Gasteiger partial charge in [-0.1, -0.05) is 26.2 Å². The van der Waals surface area contributed by atoms with Crippen LogP contribution in [0.3, 0.4) is 0 Å². The molecule has 1 atom stereocenters. The lowest BCUT2D eigenvalue weighted by molar-refractivity contribution is -0.127. The van der Waals surface area contributed by atoms with E-state index < -0.39 is 0 Å². The molecular weight excluding hydrogens is 160 g/mol. The Bertz CT molecular complexity index is 201. The Morgan fingerprint density at radius 2 is 1.85 bits per heavy atom. The minimum Gasteiger partial charge on any atom is -0.299 e. The molecule has 1 nitrogen and oxygen atoms in total. The molecule has 2 aliphatic rings. The molecule has 0 radical (unpaired) electrons. The summed E-state index contributed by atoms with van der Waals surface area (Å²) in [7, 11) is 0. The second kappa shape index (κ2) is 3.43. The minimum atomic E-state index is 0.354. The van der Waals surface area contributed by atoms with Crippen molar-refractivity contribution in [2.45, 2.75) is 58.3 Å². The van der Waals surface area contributed by atoms with E-state index in [0.717, 1.165) is 6.42 Å². The molecule has 0 aliphatic heterocycles. The predicted octanol–water partition coefficient (Wildman–Crippen LogP) is 3.33. The van der Waals surface area contributed by atoms with E-state index in [0.29, 0.717) is 17.1 Å². The third-order valence-corrected chi connectivity index (χ3v) is 4.10. The molecule has 0 aromatic carbocycles. The lowest BCUT2D eigenvalue weighted by Crippen LogP contribution is -2.34. The first-order valence-corrected chi connectivity index (χ1v) is 5.75. The Kier molecular flexibility index (Phi) is 2.44. The summed E-state index contributed by atoms with van der Waals surface area (Å²) < 4.78 is 0. The van der Waals surface area contributed by atoms with Crippen LogP contribution < -0.4 is 0 Å². The number of carbonyl (C=O) groups is 1. The molecule has 13 heavy (non-hydrogen) atoms. The second-order valence-electron chi connectivity index (χ2n) is 5.13. The van der Waals surface area contributed by atoms with Crippen LogP contribution in [0, 0.1) is 11.3 Å². The fourth-order valence-corrected chi connectivity index (χ4v) is 3.26. The van der Waals surface area contributed by atoms with E-state index in [4.69, 9.17) is 0 Å². The lowest BCUT2D eigenvalue weighted by Gasteiger charge is -2.42. The largest absolute Gasteiger partial charge is 0.299 e. The molecule has 0 N–H and O–H groups in total. The van der Waals surface area contributed by atoms with Gasteiger partial charge in [0.2, 0.25) is 0 Å². The Balaban J connectivity index is 2.02. The number of hydrogen-bond acceptors (Lipinski definition) is 1. The summed E-state index contributed by atoms with van der Waals surface area (Å²) >= 11 is 0. The number of ketones is 1. The van der Waals surface area contributed by atoms with Crippen molar-refractivity contribution in [1.82, 2.24) is 0 Å². The van der Waals surface area contributed by atoms with Crippen LogP contribution in [0.15, 0.2) is 0 Å². The van der Waals surface area contributed by atoms with Crippen LogP contribution in [0.25, 0.3) is 0 Å². The highest BCUT2D eigenvalue weighted by Gasteiger charge is 2.38. The van der Waals surface area contributed by atoms with Gasteiger partial charge < -0.3 is 0 Å². The van der Waals surface area contributed by atoms with Crippen LogP contribution in [0.2, 0.25) is 0 Å². The van der Waals surface area contributed by atoms with Crippen LogP contribution in [-0.2, 0) is 4.79 Å². The minimum absolute atomic E-state index is 0.354. The summed E-state index contributed by atoms with van der Waals surface area (Å²) in [6, 6.07) is 0. The number of rotatable bonds is 0. The molecule has 0 saturated heterocycles. The highest BCUT2D eigenvalue weighted by Crippen LogP contribution is 2.48. The predicted molar refractivity (Wildman–Crippen MR) is 53.5 cm³/mol. The molecule has 0 aromatic rings. The first-order chi connectivity index (χ1) is 6.22. The van der Waals surface area contributed by atoms with Crippen molar-refractivity contribution >= 4 is 5.78 Å². The number of carbonyl (C=O) groups excluding carboxylic acids is 1. The van der Waals surface area contributed by atoms with Gasteiger partial charge in [-0.05, 0) is 31.1 Å². The van der Waals surface area contributed by atoms with E-state index in [-0.39, 0.29) is 0 Å². The fourth-order valence-electron chi connectivity index (χ4n) is 3.26. The maximum atomic E-state index is 11.4. The van der Waals surface area contributed by atoms with Crippen LogP contribution in [-0.4, -0.2) is 5.78 Å². The summed E-state index contributed by atoms with van der Waals surface area (Å²) in [5.74, 6) is 0.864. The van der Waals surface area contributed by atoms with Crippen molar-refractivity contribution in [2.24, 2.45) is 11.3 Å². The average molecular weight is 180 g/mol. The van der Waals surface area contributed by atoms with Crippen molar-refractivity contribution in [3.05, 3.63) is 0 Å². The first kappa shape index (κ1) is 9.23. The van der Waals surface area contributed by atoms with Gasteiger partial charge in [0, 0.05) is 12.3 Å². The standard InChI is InChI=1S/C12H20O/c1-10-9-12(8-5-11(10)13)6-3-2-4-7-12/h10H,2-9H2,1H3. The highest BCUT2D eigenvalue weighted by atomic mass is 16.1. The van der Waals surface area contributed by atoms with Crippen LogP contribution in [0.4, 0.5) is 0 Å². The summed E-state index contributed by atoms with van der Waals surface area (Å²) in [4.78, 5) is 11.4. The molecule has 0 aromatic heterocycles. The van der Waals surface area contributed by atoms with Gasteiger partial charge in [0.1, 0.15) is 5.78 Å². The summed E-state index contributed by atoms with van der Waals surface area (Å²) in [5, 5.41) is 0. The van der Waals surface area contributed by atoms with Gasteiger partial charge in [0.15, 0.2) is 0 Å². The third kappa shape index (κ3) is 1.79. The Morgan fingerprint density at radius 1 is 1.15 bits per heavy atom. The zero-order chi connectivity index (χ0) is 9.31. The van der Waals surface area contributed by atoms with Gasteiger partial charge in [-0.25, -0.2) is 0 Å². The van der Waals surface area contributed by atoms with Crippen LogP contribution in [0.5, 0.6) is 0 Å². The van der Waals surface area contributed by atoms with Crippen molar-refractivity contribution in [2.75, 3.05) is 0 Å². The zero-order valence-corrected chi connectivity index (χ0v) is 8.64. The normalized spacial score (nSPS) is 33.6. The van der Waals surface area contributed by atoms with Gasteiger partial charge in [-0.15, -0.1) is 0 Å². The molecule has 2 aliphatic carbocycles. The van der Waals surface area contributed by atoms with Crippen molar-refractivity contribution < 1.29 is 4.79 Å². The van der Waals surface area contributed by atoms with Crippen molar-refractivity contribution in [3.63, 3.8) is 0 Å². The van der Waals surface area contributed by atoms with Crippen molar-refractivity contribution in [3.8, 4) is 0 Å². The molecule has 74 valence electrons. The quantitative estimate of drug-likeness (QED) is 0.559. The second-order valence-corrected chi connectivity index (χ2v) is 5.13. The molecule has 1 unspecified atom stereocenters. The van der Waals surface area contributed by atoms with Crippen molar-refractivity contribution in [1.29, 1.82) is 0 Å². The van der Waals surface area contributed by atoms with E-state index in [1.165, 1.54) is 44.9 Å². The monoisotopic (exact) mass is 180 g/mol. The molecule has 2 rings (SSSR count). The van der Waals surface area contributed by atoms with E-state index >= 15 is 0 Å². The molecule has 2 fully saturated rings. The molecule has 1 spiro atoms. The molecule has 0 amide bonds. The van der Waals surface area contributed by atoms with E-state index in [2.05, 4.69) is 6.92 Å². The van der Waals surface area contributed by atoms with Gasteiger partial charge in [-0.2, -0.15) is 0 Å².